The Bertz CT molecular complexity index is 1360. The molecule has 4 rings (SSSR count). The number of nitrogens with zero attached hydrogens (tertiary/aromatic N) is 2. The van der Waals surface area contributed by atoms with Crippen LogP contribution in [-0.4, -0.2) is 23.1 Å². The van der Waals surface area contributed by atoms with Crippen molar-refractivity contribution in [1.82, 2.24) is 4.57 Å². The summed E-state index contributed by atoms with van der Waals surface area (Å²) in [6.07, 6.45) is 0. The van der Waals surface area contributed by atoms with E-state index in [1.54, 1.807) is 23.6 Å². The summed E-state index contributed by atoms with van der Waals surface area (Å²) in [5, 5.41) is 2.73. The van der Waals surface area contributed by atoms with Gasteiger partial charge in [0.15, 0.2) is 4.80 Å². The second-order valence-electron chi connectivity index (χ2n) is 6.45. The van der Waals surface area contributed by atoms with Gasteiger partial charge >= 0.3 is 5.97 Å². The van der Waals surface area contributed by atoms with Crippen LogP contribution in [0.3, 0.4) is 0 Å². The van der Waals surface area contributed by atoms with Crippen LogP contribution in [0, 0.1) is 0 Å². The number of thiazole rings is 1. The van der Waals surface area contributed by atoms with Gasteiger partial charge in [0.1, 0.15) is 6.54 Å². The van der Waals surface area contributed by atoms with E-state index >= 15 is 0 Å². The number of hydrogen-bond acceptors (Lipinski definition) is 4. The zero-order valence-electron chi connectivity index (χ0n) is 15.9. The van der Waals surface area contributed by atoms with Gasteiger partial charge < -0.3 is 9.30 Å². The average molecular weight is 459 g/mol. The van der Waals surface area contributed by atoms with Gasteiger partial charge in [0.05, 0.1) is 27.4 Å². The predicted octanol–water partition coefficient (Wildman–Crippen LogP) is 5.47. The Morgan fingerprint density at radius 3 is 2.70 bits per heavy atom. The van der Waals surface area contributed by atoms with Crippen LogP contribution in [0.15, 0.2) is 59.6 Å². The van der Waals surface area contributed by atoms with Crippen molar-refractivity contribution in [1.29, 1.82) is 0 Å². The SMILES string of the molecule is CCOC(=O)Cn1c(=NC(=O)c2cc(Cl)ccc2Cl)sc2c3ccccc3ccc21. The predicted molar refractivity (Wildman–Crippen MR) is 120 cm³/mol. The standard InChI is InChI=1S/C22H16Cl2N2O3S/c1-2-29-19(27)12-26-18-10-7-13-5-3-4-6-15(13)20(18)30-22(26)25-21(28)16-11-14(23)8-9-17(16)24/h3-11H,2,12H2,1H3. The van der Waals surface area contributed by atoms with Gasteiger partial charge in [0.25, 0.3) is 5.91 Å². The van der Waals surface area contributed by atoms with Crippen molar-refractivity contribution < 1.29 is 14.3 Å². The average Bonchev–Trinajstić information content (AvgIpc) is 3.07. The zero-order chi connectivity index (χ0) is 21.3. The van der Waals surface area contributed by atoms with E-state index in [1.807, 2.05) is 36.4 Å². The van der Waals surface area contributed by atoms with Crippen molar-refractivity contribution in [2.24, 2.45) is 4.99 Å². The number of amides is 1. The molecule has 0 saturated heterocycles. The van der Waals surface area contributed by atoms with E-state index < -0.39 is 11.9 Å². The maximum Gasteiger partial charge on any atom is 0.326 e. The highest BCUT2D eigenvalue weighted by molar-refractivity contribution is 7.17. The highest BCUT2D eigenvalue weighted by Gasteiger charge is 2.16. The smallest absolute Gasteiger partial charge is 0.326 e. The summed E-state index contributed by atoms with van der Waals surface area (Å²) < 4.78 is 7.74. The van der Waals surface area contributed by atoms with E-state index in [0.29, 0.717) is 9.82 Å². The van der Waals surface area contributed by atoms with Crippen molar-refractivity contribution in [2.45, 2.75) is 13.5 Å². The first-order chi connectivity index (χ1) is 14.5. The monoisotopic (exact) mass is 458 g/mol. The van der Waals surface area contributed by atoms with Crippen LogP contribution in [0.4, 0.5) is 0 Å². The summed E-state index contributed by atoms with van der Waals surface area (Å²) in [4.78, 5) is 29.7. The molecule has 0 atom stereocenters. The Balaban J connectivity index is 1.93. The van der Waals surface area contributed by atoms with Gasteiger partial charge in [-0.1, -0.05) is 64.9 Å². The quantitative estimate of drug-likeness (QED) is 0.381. The number of esters is 1. The van der Waals surface area contributed by atoms with Crippen LogP contribution >= 0.6 is 34.5 Å². The maximum atomic E-state index is 12.9. The number of carbonyl (C=O) groups is 2. The van der Waals surface area contributed by atoms with Gasteiger partial charge in [-0.05, 0) is 36.6 Å². The number of fused-ring (bicyclic) bond motifs is 3. The molecule has 0 spiro atoms. The Kier molecular flexibility index (Phi) is 5.90. The number of benzene rings is 3. The Labute approximate surface area is 186 Å². The van der Waals surface area contributed by atoms with E-state index in [9.17, 15) is 9.59 Å². The topological polar surface area (TPSA) is 60.7 Å². The van der Waals surface area contributed by atoms with Crippen molar-refractivity contribution in [3.05, 3.63) is 75.0 Å². The third-order valence-corrected chi connectivity index (χ3v) is 6.21. The van der Waals surface area contributed by atoms with Crippen LogP contribution in [0.5, 0.6) is 0 Å². The molecule has 0 radical (unpaired) electrons. The zero-order valence-corrected chi connectivity index (χ0v) is 18.2. The molecule has 4 aromatic rings. The minimum atomic E-state index is -0.532. The summed E-state index contributed by atoms with van der Waals surface area (Å²) >= 11 is 13.5. The minimum absolute atomic E-state index is 0.0540. The van der Waals surface area contributed by atoms with Gasteiger partial charge in [-0.2, -0.15) is 4.99 Å². The van der Waals surface area contributed by atoms with Crippen LogP contribution < -0.4 is 4.80 Å². The van der Waals surface area contributed by atoms with Gasteiger partial charge in [-0.25, -0.2) is 0 Å². The first kappa shape index (κ1) is 20.6. The Morgan fingerprint density at radius 2 is 1.90 bits per heavy atom. The van der Waals surface area contributed by atoms with Crippen LogP contribution in [0.1, 0.15) is 17.3 Å². The Morgan fingerprint density at radius 1 is 1.10 bits per heavy atom. The Hall–Kier alpha value is -2.67. The molecule has 30 heavy (non-hydrogen) atoms. The molecule has 0 fully saturated rings. The number of rotatable bonds is 4. The molecule has 1 aromatic heterocycles. The van der Waals surface area contributed by atoms with Crippen LogP contribution in [0.25, 0.3) is 21.0 Å². The first-order valence-corrected chi connectivity index (χ1v) is 10.8. The fraction of sp³-hybridized carbons (Fsp3) is 0.136. The lowest BCUT2D eigenvalue weighted by Gasteiger charge is -2.06. The number of ether oxygens (including phenoxy) is 1. The van der Waals surface area contributed by atoms with Crippen molar-refractivity contribution >= 4 is 67.4 Å². The molecule has 0 aliphatic rings. The third-order valence-electron chi connectivity index (χ3n) is 4.52. The summed E-state index contributed by atoms with van der Waals surface area (Å²) in [5.41, 5.74) is 1.00. The van der Waals surface area contributed by atoms with E-state index in [0.717, 1.165) is 21.0 Å². The molecule has 0 bridgehead atoms. The molecule has 0 saturated carbocycles. The summed E-state index contributed by atoms with van der Waals surface area (Å²) in [5.74, 6) is -0.934. The van der Waals surface area contributed by atoms with Crippen molar-refractivity contribution in [3.63, 3.8) is 0 Å². The van der Waals surface area contributed by atoms with Crippen molar-refractivity contribution in [3.8, 4) is 0 Å². The molecule has 1 heterocycles. The van der Waals surface area contributed by atoms with E-state index in [1.165, 1.54) is 17.4 Å². The summed E-state index contributed by atoms with van der Waals surface area (Å²) in [6, 6.07) is 16.5. The van der Waals surface area contributed by atoms with Crippen molar-refractivity contribution in [2.75, 3.05) is 6.61 Å². The second kappa shape index (κ2) is 8.60. The van der Waals surface area contributed by atoms with Gasteiger partial charge in [0.2, 0.25) is 0 Å². The van der Waals surface area contributed by atoms with Gasteiger partial charge in [-0.15, -0.1) is 0 Å². The number of aromatic nitrogens is 1. The highest BCUT2D eigenvalue weighted by atomic mass is 35.5. The molecule has 0 aliphatic heterocycles. The molecule has 3 aromatic carbocycles. The lowest BCUT2D eigenvalue weighted by molar-refractivity contribution is -0.143. The molecule has 1 amide bonds. The number of halogens is 2. The minimum Gasteiger partial charge on any atom is -0.465 e. The fourth-order valence-corrected chi connectivity index (χ4v) is 4.71. The largest absolute Gasteiger partial charge is 0.465 e. The summed E-state index contributed by atoms with van der Waals surface area (Å²) in [6.45, 7) is 1.97. The molecule has 0 aliphatic carbocycles. The van der Waals surface area contributed by atoms with Gasteiger partial charge in [-0.3, -0.25) is 9.59 Å². The van der Waals surface area contributed by atoms with E-state index in [4.69, 9.17) is 27.9 Å². The van der Waals surface area contributed by atoms with Crippen LogP contribution in [-0.2, 0) is 16.1 Å². The molecule has 0 unspecified atom stereocenters. The molecular weight excluding hydrogens is 443 g/mol. The number of hydrogen-bond donors (Lipinski definition) is 0. The van der Waals surface area contributed by atoms with E-state index in [2.05, 4.69) is 4.99 Å². The number of carbonyl (C=O) groups excluding carboxylic acids is 2. The molecule has 152 valence electrons. The normalized spacial score (nSPS) is 11.9. The first-order valence-electron chi connectivity index (χ1n) is 9.18. The maximum absolute atomic E-state index is 12.9. The molecular formula is C22H16Cl2N2O3S. The molecule has 8 heteroatoms. The lowest BCUT2D eigenvalue weighted by atomic mass is 10.1. The lowest BCUT2D eigenvalue weighted by Crippen LogP contribution is -2.23. The highest BCUT2D eigenvalue weighted by Crippen LogP contribution is 2.28. The van der Waals surface area contributed by atoms with Crippen LogP contribution in [0.2, 0.25) is 10.0 Å². The molecule has 0 N–H and O–H groups in total. The van der Waals surface area contributed by atoms with E-state index in [-0.39, 0.29) is 23.7 Å². The third kappa shape index (κ3) is 3.99. The molecule has 5 nitrogen and oxygen atoms in total. The van der Waals surface area contributed by atoms with Gasteiger partial charge in [0, 0.05) is 10.4 Å². The second-order valence-corrected chi connectivity index (χ2v) is 8.27. The summed E-state index contributed by atoms with van der Waals surface area (Å²) in [7, 11) is 0. The fourth-order valence-electron chi connectivity index (χ4n) is 3.18.